The molecule has 1 aromatic heterocycles. The molecule has 7 heteroatoms. The third-order valence-electron chi connectivity index (χ3n) is 3.31. The lowest BCUT2D eigenvalue weighted by molar-refractivity contribution is -0.384. The van der Waals surface area contributed by atoms with Crippen LogP contribution in [-0.4, -0.2) is 33.2 Å². The standard InChI is InChI=1S/C13H14N4O2S/c18-17(19)10-3-4-11-12(6-10)15-7-13(16-11)20-8-9-2-1-5-14-9/h3-4,6-7,9,14H,1-2,5,8H2. The van der Waals surface area contributed by atoms with E-state index < -0.39 is 4.92 Å². The fourth-order valence-corrected chi connectivity index (χ4v) is 3.20. The maximum absolute atomic E-state index is 10.7. The van der Waals surface area contributed by atoms with Crippen LogP contribution in [-0.2, 0) is 0 Å². The minimum absolute atomic E-state index is 0.0439. The molecule has 20 heavy (non-hydrogen) atoms. The highest BCUT2D eigenvalue weighted by atomic mass is 32.2. The van der Waals surface area contributed by atoms with Gasteiger partial charge in [-0.05, 0) is 25.5 Å². The van der Waals surface area contributed by atoms with Gasteiger partial charge in [-0.15, -0.1) is 11.8 Å². The van der Waals surface area contributed by atoms with Crippen molar-refractivity contribution in [1.82, 2.24) is 15.3 Å². The van der Waals surface area contributed by atoms with Gasteiger partial charge in [-0.25, -0.2) is 4.98 Å². The van der Waals surface area contributed by atoms with Gasteiger partial charge >= 0.3 is 0 Å². The summed E-state index contributed by atoms with van der Waals surface area (Å²) in [5.41, 5.74) is 1.30. The van der Waals surface area contributed by atoms with Crippen molar-refractivity contribution >= 4 is 28.5 Å². The third-order valence-corrected chi connectivity index (χ3v) is 4.37. The number of non-ortho nitro benzene ring substituents is 1. The van der Waals surface area contributed by atoms with Gasteiger partial charge in [0.1, 0.15) is 5.03 Å². The first-order valence-corrected chi connectivity index (χ1v) is 7.48. The number of thioether (sulfide) groups is 1. The van der Waals surface area contributed by atoms with Gasteiger partial charge in [0.05, 0.1) is 22.2 Å². The summed E-state index contributed by atoms with van der Waals surface area (Å²) in [7, 11) is 0. The summed E-state index contributed by atoms with van der Waals surface area (Å²) in [5.74, 6) is 0.979. The number of rotatable bonds is 4. The number of nitro benzene ring substituents is 1. The lowest BCUT2D eigenvalue weighted by Gasteiger charge is -2.08. The van der Waals surface area contributed by atoms with Crippen LogP contribution in [0.2, 0.25) is 0 Å². The molecule has 0 aliphatic carbocycles. The molecule has 6 nitrogen and oxygen atoms in total. The fraction of sp³-hybridized carbons (Fsp3) is 0.385. The third kappa shape index (κ3) is 2.88. The van der Waals surface area contributed by atoms with Crippen LogP contribution in [0.4, 0.5) is 5.69 Å². The van der Waals surface area contributed by atoms with Gasteiger partial charge in [0, 0.05) is 23.9 Å². The fourth-order valence-electron chi connectivity index (χ4n) is 2.25. The second kappa shape index (κ2) is 5.72. The lowest BCUT2D eigenvalue weighted by atomic mass is 10.2. The van der Waals surface area contributed by atoms with Crippen molar-refractivity contribution in [1.29, 1.82) is 0 Å². The molecular weight excluding hydrogens is 276 g/mol. The summed E-state index contributed by atoms with van der Waals surface area (Å²) in [6.45, 7) is 1.10. The van der Waals surface area contributed by atoms with Gasteiger partial charge < -0.3 is 5.32 Å². The Morgan fingerprint density at radius 2 is 2.35 bits per heavy atom. The molecule has 0 saturated carbocycles. The Balaban J connectivity index is 1.76. The molecule has 1 aromatic carbocycles. The molecule has 0 bridgehead atoms. The molecule has 1 unspecified atom stereocenters. The molecule has 0 amide bonds. The molecule has 2 heterocycles. The van der Waals surface area contributed by atoms with Crippen LogP contribution in [0, 0.1) is 10.1 Å². The van der Waals surface area contributed by atoms with Gasteiger partial charge in [-0.2, -0.15) is 0 Å². The second-order valence-corrected chi connectivity index (χ2v) is 5.78. The Labute approximate surface area is 120 Å². The van der Waals surface area contributed by atoms with Crippen molar-refractivity contribution in [3.8, 4) is 0 Å². The van der Waals surface area contributed by atoms with Crippen molar-refractivity contribution in [3.05, 3.63) is 34.5 Å². The number of benzene rings is 1. The quantitative estimate of drug-likeness (QED) is 0.529. The van der Waals surface area contributed by atoms with Gasteiger partial charge in [-0.3, -0.25) is 15.1 Å². The average Bonchev–Trinajstić information content (AvgIpc) is 2.97. The highest BCUT2D eigenvalue weighted by Gasteiger charge is 2.15. The highest BCUT2D eigenvalue weighted by molar-refractivity contribution is 7.99. The first-order chi connectivity index (χ1) is 9.72. The number of fused-ring (bicyclic) bond motifs is 1. The van der Waals surface area contributed by atoms with Crippen LogP contribution in [0.5, 0.6) is 0 Å². The van der Waals surface area contributed by atoms with Crippen molar-refractivity contribution < 1.29 is 4.92 Å². The SMILES string of the molecule is O=[N+]([O-])c1ccc2nc(SCC3CCCN3)cnc2c1. The Morgan fingerprint density at radius 1 is 1.45 bits per heavy atom. The zero-order chi connectivity index (χ0) is 13.9. The van der Waals surface area contributed by atoms with E-state index in [1.807, 2.05) is 0 Å². The zero-order valence-corrected chi connectivity index (χ0v) is 11.6. The van der Waals surface area contributed by atoms with E-state index in [4.69, 9.17) is 0 Å². The maximum Gasteiger partial charge on any atom is 0.271 e. The minimum Gasteiger partial charge on any atom is -0.313 e. The Bertz CT molecular complexity index is 643. The minimum atomic E-state index is -0.421. The first kappa shape index (κ1) is 13.3. The Morgan fingerprint density at radius 3 is 3.10 bits per heavy atom. The van der Waals surface area contributed by atoms with Crippen LogP contribution >= 0.6 is 11.8 Å². The second-order valence-electron chi connectivity index (χ2n) is 4.74. The predicted octanol–water partition coefficient (Wildman–Crippen LogP) is 2.38. The number of nitrogens with one attached hydrogen (secondary N) is 1. The monoisotopic (exact) mass is 290 g/mol. The highest BCUT2D eigenvalue weighted by Crippen LogP contribution is 2.23. The normalized spacial score (nSPS) is 18.5. The molecule has 1 saturated heterocycles. The smallest absolute Gasteiger partial charge is 0.271 e. The Hall–Kier alpha value is -1.73. The molecule has 1 fully saturated rings. The van der Waals surface area contributed by atoms with E-state index in [-0.39, 0.29) is 5.69 Å². The van der Waals surface area contributed by atoms with E-state index in [0.29, 0.717) is 17.1 Å². The van der Waals surface area contributed by atoms with Gasteiger partial charge in [0.15, 0.2) is 0 Å². The molecule has 0 spiro atoms. The molecule has 2 aromatic rings. The van der Waals surface area contributed by atoms with E-state index in [0.717, 1.165) is 17.3 Å². The van der Waals surface area contributed by atoms with Crippen molar-refractivity contribution in [2.45, 2.75) is 23.9 Å². The Kier molecular flexibility index (Phi) is 3.79. The topological polar surface area (TPSA) is 81.0 Å². The number of hydrogen-bond donors (Lipinski definition) is 1. The molecule has 1 aliphatic rings. The molecule has 1 atom stereocenters. The molecule has 3 rings (SSSR count). The van der Waals surface area contributed by atoms with E-state index in [1.54, 1.807) is 24.0 Å². The molecule has 1 N–H and O–H groups in total. The van der Waals surface area contributed by atoms with Crippen molar-refractivity contribution in [3.63, 3.8) is 0 Å². The van der Waals surface area contributed by atoms with E-state index in [1.165, 1.54) is 25.0 Å². The zero-order valence-electron chi connectivity index (χ0n) is 10.8. The number of nitro groups is 1. The van der Waals surface area contributed by atoms with Crippen LogP contribution in [0.1, 0.15) is 12.8 Å². The summed E-state index contributed by atoms with van der Waals surface area (Å²) < 4.78 is 0. The number of hydrogen-bond acceptors (Lipinski definition) is 6. The van der Waals surface area contributed by atoms with E-state index in [9.17, 15) is 10.1 Å². The lowest BCUT2D eigenvalue weighted by Crippen LogP contribution is -2.23. The van der Waals surface area contributed by atoms with Crippen LogP contribution in [0.15, 0.2) is 29.4 Å². The molecule has 104 valence electrons. The molecule has 1 aliphatic heterocycles. The summed E-state index contributed by atoms with van der Waals surface area (Å²) in [6.07, 6.45) is 4.13. The summed E-state index contributed by atoms with van der Waals surface area (Å²) >= 11 is 1.67. The van der Waals surface area contributed by atoms with E-state index in [2.05, 4.69) is 15.3 Å². The number of aromatic nitrogens is 2. The maximum atomic E-state index is 10.7. The molecular formula is C13H14N4O2S. The summed E-state index contributed by atoms with van der Waals surface area (Å²) in [4.78, 5) is 19.0. The molecule has 0 radical (unpaired) electrons. The van der Waals surface area contributed by atoms with Crippen LogP contribution in [0.3, 0.4) is 0 Å². The largest absolute Gasteiger partial charge is 0.313 e. The van der Waals surface area contributed by atoms with Crippen LogP contribution < -0.4 is 5.32 Å². The van der Waals surface area contributed by atoms with Gasteiger partial charge in [0.25, 0.3) is 5.69 Å². The van der Waals surface area contributed by atoms with Crippen molar-refractivity contribution in [2.24, 2.45) is 0 Å². The summed E-state index contributed by atoms with van der Waals surface area (Å²) in [6, 6.07) is 5.12. The number of nitrogens with zero attached hydrogens (tertiary/aromatic N) is 3. The van der Waals surface area contributed by atoms with E-state index >= 15 is 0 Å². The van der Waals surface area contributed by atoms with Gasteiger partial charge in [0.2, 0.25) is 0 Å². The van der Waals surface area contributed by atoms with Crippen molar-refractivity contribution in [2.75, 3.05) is 12.3 Å². The van der Waals surface area contributed by atoms with Crippen LogP contribution in [0.25, 0.3) is 11.0 Å². The average molecular weight is 290 g/mol. The van der Waals surface area contributed by atoms with Gasteiger partial charge in [-0.1, -0.05) is 0 Å². The first-order valence-electron chi connectivity index (χ1n) is 6.50. The predicted molar refractivity (Wildman–Crippen MR) is 77.9 cm³/mol. The summed E-state index contributed by atoms with van der Waals surface area (Å²) in [5, 5.41) is 15.0.